The van der Waals surface area contributed by atoms with Crippen LogP contribution < -0.4 is 10.3 Å². The quantitative estimate of drug-likeness (QED) is 0.368. The first-order chi connectivity index (χ1) is 9.78. The maximum absolute atomic E-state index is 12.3. The van der Waals surface area contributed by atoms with Gasteiger partial charge in [0.2, 0.25) is 21.8 Å². The Bertz CT molecular complexity index is 626. The van der Waals surface area contributed by atoms with Crippen molar-refractivity contribution < 1.29 is 22.8 Å². The molecular formula is C12H15N3O5S. The van der Waals surface area contributed by atoms with Gasteiger partial charge in [0.15, 0.2) is 0 Å². The lowest BCUT2D eigenvalue weighted by molar-refractivity contribution is -0.144. The van der Waals surface area contributed by atoms with Crippen LogP contribution in [0.1, 0.15) is 6.42 Å². The second kappa shape index (κ2) is 4.63. The van der Waals surface area contributed by atoms with Gasteiger partial charge in [0, 0.05) is 0 Å². The van der Waals surface area contributed by atoms with Gasteiger partial charge in [0.1, 0.15) is 6.54 Å². The Morgan fingerprint density at radius 3 is 2.24 bits per heavy atom. The van der Waals surface area contributed by atoms with Gasteiger partial charge in [-0.2, -0.15) is 0 Å². The summed E-state index contributed by atoms with van der Waals surface area (Å²) in [5.41, 5.74) is 1.96. The molecule has 3 aliphatic rings. The Morgan fingerprint density at radius 1 is 1.24 bits per heavy atom. The summed E-state index contributed by atoms with van der Waals surface area (Å²) in [5.74, 6) is -1.97. The van der Waals surface area contributed by atoms with Crippen molar-refractivity contribution in [2.24, 2.45) is 23.7 Å². The van der Waals surface area contributed by atoms with E-state index in [9.17, 15) is 22.8 Å². The number of nitrogens with one attached hydrogen (secondary N) is 2. The molecule has 0 aromatic heterocycles. The van der Waals surface area contributed by atoms with Crippen LogP contribution in [0.5, 0.6) is 0 Å². The number of nitrogens with zero attached hydrogens (tertiary/aromatic N) is 1. The largest absolute Gasteiger partial charge is 0.276 e. The second-order valence-electron chi connectivity index (χ2n) is 5.68. The van der Waals surface area contributed by atoms with Crippen LogP contribution in [-0.4, -0.2) is 43.8 Å². The van der Waals surface area contributed by atoms with Gasteiger partial charge in [-0.05, 0) is 18.3 Å². The van der Waals surface area contributed by atoms with Crippen LogP contribution in [0, 0.1) is 23.7 Å². The standard InChI is InChI=1S/C12H15N3O5S/c1-21(19,20)14-13-8(16)5-15-11(17)9-6-2-3-7(4-6)10(9)12(15)18/h2-3,6-7,9-10,14H,4-5H2,1H3,(H,13,16)/t6-,7-,9-,10-/m0/s1. The Hall–Kier alpha value is -1.74. The third-order valence-electron chi connectivity index (χ3n) is 4.24. The molecule has 1 heterocycles. The summed E-state index contributed by atoms with van der Waals surface area (Å²) >= 11 is 0. The van der Waals surface area contributed by atoms with Gasteiger partial charge in [-0.3, -0.25) is 24.7 Å². The Labute approximate surface area is 121 Å². The number of carbonyl (C=O) groups is 3. The highest BCUT2D eigenvalue weighted by molar-refractivity contribution is 7.88. The minimum Gasteiger partial charge on any atom is -0.276 e. The molecule has 3 amide bonds. The van der Waals surface area contributed by atoms with Crippen molar-refractivity contribution in [3.05, 3.63) is 12.2 Å². The summed E-state index contributed by atoms with van der Waals surface area (Å²) in [6, 6.07) is 0. The monoisotopic (exact) mass is 313 g/mol. The van der Waals surface area contributed by atoms with E-state index in [4.69, 9.17) is 0 Å². The molecule has 2 N–H and O–H groups in total. The first-order valence-electron chi connectivity index (χ1n) is 6.57. The minimum absolute atomic E-state index is 0.0821. The normalized spacial score (nSPS) is 33.7. The van der Waals surface area contributed by atoms with E-state index in [-0.39, 0.29) is 35.5 Å². The number of rotatable bonds is 4. The summed E-state index contributed by atoms with van der Waals surface area (Å²) in [7, 11) is -3.58. The molecule has 21 heavy (non-hydrogen) atoms. The van der Waals surface area contributed by atoms with Crippen molar-refractivity contribution in [3.63, 3.8) is 0 Å². The van der Waals surface area contributed by atoms with E-state index in [0.29, 0.717) is 0 Å². The first kappa shape index (κ1) is 14.2. The van der Waals surface area contributed by atoms with Crippen LogP contribution in [0.25, 0.3) is 0 Å². The van der Waals surface area contributed by atoms with Gasteiger partial charge in [-0.15, -0.1) is 4.83 Å². The van der Waals surface area contributed by atoms with Gasteiger partial charge in [0.25, 0.3) is 5.91 Å². The van der Waals surface area contributed by atoms with E-state index in [0.717, 1.165) is 17.6 Å². The molecule has 2 bridgehead atoms. The topological polar surface area (TPSA) is 113 Å². The Morgan fingerprint density at radius 2 is 1.76 bits per heavy atom. The molecule has 1 aliphatic heterocycles. The number of hydrazine groups is 1. The van der Waals surface area contributed by atoms with Crippen LogP contribution >= 0.6 is 0 Å². The first-order valence-corrected chi connectivity index (χ1v) is 8.46. The van der Waals surface area contributed by atoms with Crippen molar-refractivity contribution in [1.82, 2.24) is 15.2 Å². The fourth-order valence-electron chi connectivity index (χ4n) is 3.45. The molecule has 0 aromatic rings. The fourth-order valence-corrected chi connectivity index (χ4v) is 3.75. The molecule has 0 unspecified atom stereocenters. The van der Waals surface area contributed by atoms with Crippen LogP contribution in [0.15, 0.2) is 12.2 Å². The van der Waals surface area contributed by atoms with E-state index in [2.05, 4.69) is 0 Å². The third-order valence-corrected chi connectivity index (χ3v) is 4.71. The highest BCUT2D eigenvalue weighted by atomic mass is 32.2. The molecule has 9 heteroatoms. The van der Waals surface area contributed by atoms with E-state index >= 15 is 0 Å². The van der Waals surface area contributed by atoms with Crippen LogP contribution in [0.3, 0.4) is 0 Å². The van der Waals surface area contributed by atoms with Crippen LogP contribution in [-0.2, 0) is 24.4 Å². The van der Waals surface area contributed by atoms with E-state index in [1.54, 1.807) is 0 Å². The van der Waals surface area contributed by atoms with Crippen molar-refractivity contribution >= 4 is 27.7 Å². The summed E-state index contributed by atoms with van der Waals surface area (Å²) in [4.78, 5) is 38.9. The summed E-state index contributed by atoms with van der Waals surface area (Å²) in [6.45, 7) is -0.466. The number of fused-ring (bicyclic) bond motifs is 5. The Balaban J connectivity index is 1.67. The van der Waals surface area contributed by atoms with Gasteiger partial charge in [0.05, 0.1) is 18.1 Å². The van der Waals surface area contributed by atoms with Crippen LogP contribution in [0.2, 0.25) is 0 Å². The second-order valence-corrected chi connectivity index (χ2v) is 7.43. The molecule has 114 valence electrons. The lowest BCUT2D eigenvalue weighted by Crippen LogP contribution is -2.47. The fraction of sp³-hybridized carbons (Fsp3) is 0.583. The highest BCUT2D eigenvalue weighted by Gasteiger charge is 2.59. The molecule has 3 rings (SSSR count). The van der Waals surface area contributed by atoms with Crippen molar-refractivity contribution in [2.45, 2.75) is 6.42 Å². The predicted molar refractivity (Wildman–Crippen MR) is 70.6 cm³/mol. The average molecular weight is 313 g/mol. The number of amides is 3. The van der Waals surface area contributed by atoms with Crippen molar-refractivity contribution in [2.75, 3.05) is 12.8 Å². The van der Waals surface area contributed by atoms with E-state index in [1.807, 2.05) is 22.4 Å². The molecule has 0 aromatic carbocycles. The molecule has 2 aliphatic carbocycles. The van der Waals surface area contributed by atoms with Crippen molar-refractivity contribution in [3.8, 4) is 0 Å². The van der Waals surface area contributed by atoms with Gasteiger partial charge < -0.3 is 0 Å². The number of likely N-dealkylation sites (tertiary alicyclic amines) is 1. The lowest BCUT2D eigenvalue weighted by atomic mass is 9.85. The zero-order chi connectivity index (χ0) is 15.4. The maximum Gasteiger partial charge on any atom is 0.255 e. The molecule has 4 atom stereocenters. The maximum atomic E-state index is 12.3. The zero-order valence-electron chi connectivity index (χ0n) is 11.3. The minimum atomic E-state index is -3.58. The molecule has 0 spiro atoms. The van der Waals surface area contributed by atoms with Gasteiger partial charge in [-0.25, -0.2) is 8.42 Å². The van der Waals surface area contributed by atoms with E-state index < -0.39 is 22.5 Å². The Kier molecular flexibility index (Phi) is 3.14. The van der Waals surface area contributed by atoms with E-state index in [1.165, 1.54) is 0 Å². The van der Waals surface area contributed by atoms with Crippen molar-refractivity contribution in [1.29, 1.82) is 0 Å². The molecule has 1 saturated carbocycles. The average Bonchev–Trinajstić information content (AvgIpc) is 3.05. The number of hydrogen-bond donors (Lipinski definition) is 2. The molecule has 0 radical (unpaired) electrons. The zero-order valence-corrected chi connectivity index (χ0v) is 12.1. The number of allylic oxidation sites excluding steroid dienone is 2. The van der Waals surface area contributed by atoms with Crippen LogP contribution in [0.4, 0.5) is 0 Å². The smallest absolute Gasteiger partial charge is 0.255 e. The molecule has 1 saturated heterocycles. The summed E-state index contributed by atoms with van der Waals surface area (Å²) in [6.07, 6.45) is 5.63. The SMILES string of the molecule is CS(=O)(=O)NNC(=O)CN1C(=O)[C@@H]2[C@@H](C1=O)[C@H]1C=C[C@H]2C1. The summed E-state index contributed by atoms with van der Waals surface area (Å²) in [5, 5.41) is 0. The van der Waals surface area contributed by atoms with Gasteiger partial charge in [-0.1, -0.05) is 12.2 Å². The number of hydrogen-bond acceptors (Lipinski definition) is 5. The third kappa shape index (κ3) is 2.36. The molecule has 8 nitrogen and oxygen atoms in total. The lowest BCUT2D eigenvalue weighted by Gasteiger charge is -2.16. The molecular weight excluding hydrogens is 298 g/mol. The number of sulfonamides is 1. The molecule has 2 fully saturated rings. The predicted octanol–water partition coefficient (Wildman–Crippen LogP) is -1.63. The number of carbonyl (C=O) groups excluding carboxylic acids is 3. The highest BCUT2D eigenvalue weighted by Crippen LogP contribution is 2.52. The number of imide groups is 1. The summed E-state index contributed by atoms with van der Waals surface area (Å²) < 4.78 is 21.7. The van der Waals surface area contributed by atoms with Gasteiger partial charge >= 0.3 is 0 Å².